The van der Waals surface area contributed by atoms with E-state index in [9.17, 15) is 43.6 Å². The molecule has 2 fully saturated rings. The van der Waals surface area contributed by atoms with Crippen LogP contribution in [0.3, 0.4) is 0 Å². The van der Waals surface area contributed by atoms with Crippen LogP contribution in [0.5, 0.6) is 0 Å². The molecule has 0 amide bonds. The molecule has 0 aromatic carbocycles. The summed E-state index contributed by atoms with van der Waals surface area (Å²) in [5.74, 6) is -2.32. The summed E-state index contributed by atoms with van der Waals surface area (Å²) in [4.78, 5) is 0. The van der Waals surface area contributed by atoms with Crippen LogP contribution in [0.2, 0.25) is 0 Å². The van der Waals surface area contributed by atoms with E-state index in [1.165, 1.54) is 64.2 Å². The third-order valence-electron chi connectivity index (χ3n) is 8.15. The van der Waals surface area contributed by atoms with Crippen LogP contribution in [0.4, 0.5) is 0 Å². The molecule has 0 unspecified atom stereocenters. The van der Waals surface area contributed by atoms with E-state index in [2.05, 4.69) is 16.4 Å². The van der Waals surface area contributed by atoms with E-state index >= 15 is 0 Å². The van der Waals surface area contributed by atoms with Gasteiger partial charge in [-0.2, -0.15) is 8.42 Å². The maximum atomic E-state index is 11.4. The lowest BCUT2D eigenvalue weighted by molar-refractivity contribution is -0.380. The molecule has 0 aliphatic carbocycles. The number of nitrogens with one attached hydrogen (secondary N) is 1. The van der Waals surface area contributed by atoms with Crippen LogP contribution in [0, 0.1) is 0 Å². The van der Waals surface area contributed by atoms with Gasteiger partial charge in [-0.25, -0.2) is 4.18 Å². The molecule has 0 bridgehead atoms. The summed E-state index contributed by atoms with van der Waals surface area (Å²) in [5.41, 5.74) is 0. The van der Waals surface area contributed by atoms with Crippen LogP contribution in [-0.2, 0) is 28.8 Å². The molecule has 43 heavy (non-hydrogen) atoms. The molecule has 2 aliphatic heterocycles. The van der Waals surface area contributed by atoms with Gasteiger partial charge < -0.3 is 50.2 Å². The number of hydrogen-bond acceptors (Lipinski definition) is 13. The Morgan fingerprint density at radius 2 is 1.30 bits per heavy atom. The lowest BCUT2D eigenvalue weighted by atomic mass is 9.98. The highest BCUT2D eigenvalue weighted by molar-refractivity contribution is 7.80. The Morgan fingerprint density at radius 3 is 1.77 bits per heavy atom. The number of ether oxygens (including phenoxy) is 3. The smallest absolute Gasteiger partial charge is 0.394 e. The van der Waals surface area contributed by atoms with Gasteiger partial charge in [0, 0.05) is 6.54 Å². The van der Waals surface area contributed by atoms with Gasteiger partial charge >= 0.3 is 10.4 Å². The minimum Gasteiger partial charge on any atom is -0.394 e. The van der Waals surface area contributed by atoms with Crippen molar-refractivity contribution in [3.05, 3.63) is 0 Å². The lowest BCUT2D eigenvalue weighted by Gasteiger charge is -2.44. The highest BCUT2D eigenvalue weighted by Crippen LogP contribution is 2.36. The zero-order valence-corrected chi connectivity index (χ0v) is 26.2. The molecule has 9 atom stereocenters. The van der Waals surface area contributed by atoms with E-state index in [1.54, 1.807) is 0 Å². The van der Waals surface area contributed by atoms with Gasteiger partial charge in [0.25, 0.3) is 0 Å². The SMILES string of the molecule is CCCCCCCCCCCCCCCCNC[C@H]1O[C@H](O[C@]2(CO)O[C@H](CO)[C@@H](O)[C@@H]2O)[C@H](O)[C@@H](O)[C@@H]1OS(=O)(=O)O. The van der Waals surface area contributed by atoms with Crippen molar-refractivity contribution in [2.45, 2.75) is 152 Å². The maximum absolute atomic E-state index is 11.4. The zero-order valence-electron chi connectivity index (χ0n) is 25.3. The molecule has 15 heteroatoms. The highest BCUT2D eigenvalue weighted by Gasteiger charge is 2.58. The number of aliphatic hydroxyl groups is 6. The van der Waals surface area contributed by atoms with Crippen molar-refractivity contribution < 1.29 is 62.0 Å². The standard InChI is InChI=1S/C28H55NO13S/c1-2-3-4-5-6-7-8-9-10-11-12-13-14-15-16-29-17-20-25(42-43(36,37)38)23(33)24(34)27(39-20)41-28(19-31)26(35)22(32)21(18-30)40-28/h20-27,29-35H,2-19H2,1H3,(H,36,37,38)/t20-,21-,22-,23-,24-,25-,26+,27-,28+/m1/s1. The van der Waals surface area contributed by atoms with Gasteiger partial charge in [-0.1, -0.05) is 90.4 Å². The molecule has 2 saturated heterocycles. The minimum atomic E-state index is -5.04. The predicted octanol–water partition coefficient (Wildman–Crippen LogP) is 0.510. The first kappa shape index (κ1) is 38.7. The molecule has 0 radical (unpaired) electrons. The predicted molar refractivity (Wildman–Crippen MR) is 155 cm³/mol. The molecule has 256 valence electrons. The molecular formula is C28H55NO13S. The first-order valence-corrected chi connectivity index (χ1v) is 17.2. The molecule has 14 nitrogen and oxygen atoms in total. The Balaban J connectivity index is 1.77. The lowest BCUT2D eigenvalue weighted by Crippen LogP contribution is -2.64. The number of aliphatic hydroxyl groups excluding tert-OH is 6. The van der Waals surface area contributed by atoms with E-state index in [0.29, 0.717) is 6.54 Å². The van der Waals surface area contributed by atoms with Crippen LogP contribution < -0.4 is 5.32 Å². The third-order valence-corrected chi connectivity index (χ3v) is 8.61. The van der Waals surface area contributed by atoms with Gasteiger partial charge in [0.15, 0.2) is 6.29 Å². The Labute approximate surface area is 255 Å². The molecule has 0 aromatic heterocycles. The van der Waals surface area contributed by atoms with Crippen molar-refractivity contribution in [1.29, 1.82) is 0 Å². The fourth-order valence-electron chi connectivity index (χ4n) is 5.58. The fourth-order valence-corrected chi connectivity index (χ4v) is 6.10. The summed E-state index contributed by atoms with van der Waals surface area (Å²) in [6.07, 6.45) is 3.56. The Kier molecular flexibility index (Phi) is 17.9. The summed E-state index contributed by atoms with van der Waals surface area (Å²) >= 11 is 0. The second-order valence-electron chi connectivity index (χ2n) is 11.7. The van der Waals surface area contributed by atoms with Crippen molar-refractivity contribution in [2.75, 3.05) is 26.3 Å². The maximum Gasteiger partial charge on any atom is 0.397 e. The third kappa shape index (κ3) is 12.6. The topological polar surface area (TPSA) is 225 Å². The molecule has 2 heterocycles. The Hall–Kier alpha value is -0.530. The number of unbranched alkanes of at least 4 members (excludes halogenated alkanes) is 13. The van der Waals surface area contributed by atoms with Crippen molar-refractivity contribution in [3.63, 3.8) is 0 Å². The van der Waals surface area contributed by atoms with E-state index in [-0.39, 0.29) is 6.54 Å². The van der Waals surface area contributed by atoms with Crippen LogP contribution in [0.25, 0.3) is 0 Å². The monoisotopic (exact) mass is 645 g/mol. The van der Waals surface area contributed by atoms with Crippen LogP contribution in [0.1, 0.15) is 96.8 Å². The average molecular weight is 646 g/mol. The van der Waals surface area contributed by atoms with E-state index in [0.717, 1.165) is 25.7 Å². The van der Waals surface area contributed by atoms with Crippen molar-refractivity contribution in [2.24, 2.45) is 0 Å². The highest BCUT2D eigenvalue weighted by atomic mass is 32.3. The second-order valence-corrected chi connectivity index (χ2v) is 12.7. The fraction of sp³-hybridized carbons (Fsp3) is 1.00. The van der Waals surface area contributed by atoms with Gasteiger partial charge in [0.2, 0.25) is 5.79 Å². The largest absolute Gasteiger partial charge is 0.397 e. The Bertz CT molecular complexity index is 853. The number of hydrogen-bond donors (Lipinski definition) is 8. The molecule has 2 rings (SSSR count). The summed E-state index contributed by atoms with van der Waals surface area (Å²) in [6.45, 7) is 0.966. The summed E-state index contributed by atoms with van der Waals surface area (Å²) in [6, 6.07) is 0. The zero-order chi connectivity index (χ0) is 31.9. The molecule has 2 aliphatic rings. The molecular weight excluding hydrogens is 590 g/mol. The minimum absolute atomic E-state index is 0.0697. The first-order chi connectivity index (χ1) is 20.5. The van der Waals surface area contributed by atoms with Gasteiger partial charge in [0.05, 0.1) is 6.61 Å². The molecule has 0 aromatic rings. The van der Waals surface area contributed by atoms with Crippen molar-refractivity contribution >= 4 is 10.4 Å². The van der Waals surface area contributed by atoms with Crippen LogP contribution in [-0.4, -0.2) is 125 Å². The van der Waals surface area contributed by atoms with Crippen molar-refractivity contribution in [3.8, 4) is 0 Å². The van der Waals surface area contributed by atoms with Crippen LogP contribution >= 0.6 is 0 Å². The summed E-state index contributed by atoms with van der Waals surface area (Å²) < 4.78 is 53.1. The normalized spacial score (nSPS) is 33.3. The van der Waals surface area contributed by atoms with E-state index < -0.39 is 78.4 Å². The summed E-state index contributed by atoms with van der Waals surface area (Å²) in [5, 5.41) is 64.0. The second kappa shape index (κ2) is 19.9. The van der Waals surface area contributed by atoms with E-state index in [4.69, 9.17) is 14.2 Å². The van der Waals surface area contributed by atoms with Gasteiger partial charge in [-0.05, 0) is 13.0 Å². The molecule has 0 saturated carbocycles. The van der Waals surface area contributed by atoms with Crippen LogP contribution in [0.15, 0.2) is 0 Å². The quantitative estimate of drug-likeness (QED) is 0.0560. The summed E-state index contributed by atoms with van der Waals surface area (Å²) in [7, 11) is -5.04. The first-order valence-electron chi connectivity index (χ1n) is 15.8. The average Bonchev–Trinajstić information content (AvgIpc) is 3.21. The van der Waals surface area contributed by atoms with E-state index in [1.807, 2.05) is 0 Å². The Morgan fingerprint density at radius 1 is 0.767 bits per heavy atom. The number of rotatable bonds is 23. The van der Waals surface area contributed by atoms with Crippen molar-refractivity contribution in [1.82, 2.24) is 5.32 Å². The molecule has 8 N–H and O–H groups in total. The van der Waals surface area contributed by atoms with Gasteiger partial charge in [-0.15, -0.1) is 0 Å². The molecule has 0 spiro atoms. The van der Waals surface area contributed by atoms with Gasteiger partial charge in [-0.3, -0.25) is 4.55 Å². The van der Waals surface area contributed by atoms with Gasteiger partial charge in [0.1, 0.15) is 49.3 Å².